The molecule has 0 atom stereocenters. The first kappa shape index (κ1) is 19.5. The Morgan fingerprint density at radius 2 is 1.97 bits per heavy atom. The number of rotatable bonds is 5. The average Bonchev–Trinajstić information content (AvgIpc) is 3.27. The van der Waals surface area contributed by atoms with Crippen molar-refractivity contribution in [1.82, 2.24) is 10.2 Å². The number of fused-ring (bicyclic) bond motifs is 1. The first-order chi connectivity index (χ1) is 14.0. The van der Waals surface area contributed by atoms with E-state index in [4.69, 9.17) is 21.7 Å². The third-order valence-corrected chi connectivity index (χ3v) is 5.88. The van der Waals surface area contributed by atoms with Crippen LogP contribution in [0.2, 0.25) is 0 Å². The Morgan fingerprint density at radius 3 is 2.76 bits per heavy atom. The molecular formula is C21H18N2O4S2. The molecule has 0 radical (unpaired) electrons. The van der Waals surface area contributed by atoms with E-state index in [-0.39, 0.29) is 18.6 Å². The summed E-state index contributed by atoms with van der Waals surface area (Å²) in [6, 6.07) is 12.8. The zero-order valence-corrected chi connectivity index (χ0v) is 17.3. The van der Waals surface area contributed by atoms with Crippen molar-refractivity contribution in [3.05, 3.63) is 64.1 Å². The van der Waals surface area contributed by atoms with Gasteiger partial charge in [-0.15, -0.1) is 0 Å². The molecule has 2 aromatic rings. The van der Waals surface area contributed by atoms with Gasteiger partial charge < -0.3 is 14.8 Å². The van der Waals surface area contributed by atoms with Crippen molar-refractivity contribution in [2.75, 3.05) is 19.9 Å². The van der Waals surface area contributed by atoms with Crippen molar-refractivity contribution in [3.8, 4) is 11.5 Å². The molecule has 1 N–H and O–H groups in total. The van der Waals surface area contributed by atoms with Crippen LogP contribution in [0.4, 0.5) is 0 Å². The maximum absolute atomic E-state index is 12.7. The third kappa shape index (κ3) is 4.28. The van der Waals surface area contributed by atoms with E-state index < -0.39 is 0 Å². The van der Waals surface area contributed by atoms with Crippen LogP contribution in [0, 0.1) is 6.92 Å². The summed E-state index contributed by atoms with van der Waals surface area (Å²) in [6.45, 7) is 2.81. The summed E-state index contributed by atoms with van der Waals surface area (Å²) < 4.78 is 11.2. The van der Waals surface area contributed by atoms with Gasteiger partial charge in [0.2, 0.25) is 6.79 Å². The molecule has 0 bridgehead atoms. The maximum Gasteiger partial charge on any atom is 0.266 e. The van der Waals surface area contributed by atoms with E-state index in [1.807, 2.05) is 37.3 Å². The Morgan fingerprint density at radius 1 is 1.21 bits per heavy atom. The number of nitrogens with one attached hydrogen (secondary N) is 1. The fraction of sp³-hybridized carbons (Fsp3) is 0.190. The van der Waals surface area contributed by atoms with Crippen LogP contribution in [0.3, 0.4) is 0 Å². The second-order valence-electron chi connectivity index (χ2n) is 6.57. The van der Waals surface area contributed by atoms with Gasteiger partial charge in [0.1, 0.15) is 4.32 Å². The number of ether oxygens (including phenoxy) is 2. The number of benzene rings is 2. The second kappa shape index (κ2) is 8.26. The summed E-state index contributed by atoms with van der Waals surface area (Å²) in [5.74, 6) is 1.01. The fourth-order valence-electron chi connectivity index (χ4n) is 2.94. The molecule has 1 saturated heterocycles. The van der Waals surface area contributed by atoms with Crippen LogP contribution in [0.1, 0.15) is 21.5 Å². The van der Waals surface area contributed by atoms with Gasteiger partial charge in [0.15, 0.2) is 11.5 Å². The Balaban J connectivity index is 1.37. The van der Waals surface area contributed by atoms with Gasteiger partial charge in [-0.1, -0.05) is 47.7 Å². The quantitative estimate of drug-likeness (QED) is 0.584. The molecule has 8 heteroatoms. The number of thiocarbonyl (C=S) groups is 1. The second-order valence-corrected chi connectivity index (χ2v) is 8.24. The zero-order valence-electron chi connectivity index (χ0n) is 15.6. The summed E-state index contributed by atoms with van der Waals surface area (Å²) in [6.07, 6.45) is 1.78. The van der Waals surface area contributed by atoms with Gasteiger partial charge in [0, 0.05) is 18.7 Å². The number of amides is 2. The fourth-order valence-corrected chi connectivity index (χ4v) is 4.24. The SMILES string of the molecule is Cc1ccc(C(=O)NCCN2C(=O)C(=Cc3ccc4c(c3)OCO4)SC2=S)cc1. The lowest BCUT2D eigenvalue weighted by Crippen LogP contribution is -2.37. The van der Waals surface area contributed by atoms with Crippen molar-refractivity contribution in [2.24, 2.45) is 0 Å². The van der Waals surface area contributed by atoms with E-state index in [2.05, 4.69) is 5.32 Å². The van der Waals surface area contributed by atoms with E-state index in [1.54, 1.807) is 18.2 Å². The van der Waals surface area contributed by atoms with Crippen LogP contribution in [0.25, 0.3) is 6.08 Å². The highest BCUT2D eigenvalue weighted by Crippen LogP contribution is 2.36. The van der Waals surface area contributed by atoms with Gasteiger partial charge in [0.05, 0.1) is 4.91 Å². The lowest BCUT2D eigenvalue weighted by Gasteiger charge is -2.14. The molecule has 0 unspecified atom stereocenters. The summed E-state index contributed by atoms with van der Waals surface area (Å²) in [5, 5.41) is 2.83. The molecule has 2 amide bonds. The molecular weight excluding hydrogens is 408 g/mol. The van der Waals surface area contributed by atoms with Crippen molar-refractivity contribution >= 4 is 46.2 Å². The number of carbonyl (C=O) groups is 2. The van der Waals surface area contributed by atoms with Crippen LogP contribution in [0.5, 0.6) is 11.5 Å². The molecule has 2 aliphatic rings. The van der Waals surface area contributed by atoms with Crippen molar-refractivity contribution in [2.45, 2.75) is 6.92 Å². The van der Waals surface area contributed by atoms with Gasteiger partial charge in [0.25, 0.3) is 11.8 Å². The Bertz CT molecular complexity index is 1020. The minimum absolute atomic E-state index is 0.165. The van der Waals surface area contributed by atoms with Gasteiger partial charge in [-0.25, -0.2) is 0 Å². The smallest absolute Gasteiger partial charge is 0.266 e. The summed E-state index contributed by atoms with van der Waals surface area (Å²) >= 11 is 6.60. The van der Waals surface area contributed by atoms with E-state index in [1.165, 1.54) is 16.7 Å². The van der Waals surface area contributed by atoms with E-state index in [0.29, 0.717) is 39.4 Å². The van der Waals surface area contributed by atoms with Crippen LogP contribution >= 0.6 is 24.0 Å². The Hall–Kier alpha value is -2.84. The Kier molecular flexibility index (Phi) is 5.55. The minimum Gasteiger partial charge on any atom is -0.454 e. The number of hydrogen-bond acceptors (Lipinski definition) is 6. The third-order valence-electron chi connectivity index (χ3n) is 4.50. The van der Waals surface area contributed by atoms with Crippen LogP contribution in [0.15, 0.2) is 47.4 Å². The average molecular weight is 427 g/mol. The summed E-state index contributed by atoms with van der Waals surface area (Å²) in [4.78, 5) is 27.0. The summed E-state index contributed by atoms with van der Waals surface area (Å²) in [5.41, 5.74) is 2.51. The molecule has 148 valence electrons. The van der Waals surface area contributed by atoms with Crippen molar-refractivity contribution in [3.63, 3.8) is 0 Å². The van der Waals surface area contributed by atoms with Gasteiger partial charge in [-0.05, 0) is 42.8 Å². The molecule has 1 fully saturated rings. The summed E-state index contributed by atoms with van der Waals surface area (Å²) in [7, 11) is 0. The first-order valence-corrected chi connectivity index (χ1v) is 10.2. The number of hydrogen-bond donors (Lipinski definition) is 1. The van der Waals surface area contributed by atoms with Gasteiger partial charge >= 0.3 is 0 Å². The minimum atomic E-state index is -0.175. The predicted molar refractivity (Wildman–Crippen MR) is 116 cm³/mol. The van der Waals surface area contributed by atoms with E-state index >= 15 is 0 Å². The van der Waals surface area contributed by atoms with E-state index in [0.717, 1.165) is 11.1 Å². The largest absolute Gasteiger partial charge is 0.454 e. The number of thioether (sulfide) groups is 1. The molecule has 0 aliphatic carbocycles. The van der Waals surface area contributed by atoms with Crippen LogP contribution in [-0.4, -0.2) is 40.9 Å². The topological polar surface area (TPSA) is 67.9 Å². The van der Waals surface area contributed by atoms with Crippen molar-refractivity contribution < 1.29 is 19.1 Å². The highest BCUT2D eigenvalue weighted by molar-refractivity contribution is 8.26. The molecule has 2 heterocycles. The monoisotopic (exact) mass is 426 g/mol. The van der Waals surface area contributed by atoms with Gasteiger partial charge in [-0.3, -0.25) is 14.5 Å². The first-order valence-electron chi connectivity index (χ1n) is 9.01. The van der Waals surface area contributed by atoms with E-state index in [9.17, 15) is 9.59 Å². The standard InChI is InChI=1S/C21H18N2O4S2/c1-13-2-5-15(6-3-13)19(24)22-8-9-23-20(25)18(29-21(23)28)11-14-4-7-16-17(10-14)27-12-26-16/h2-7,10-11H,8-9,12H2,1H3,(H,22,24). The molecule has 0 spiro atoms. The highest BCUT2D eigenvalue weighted by atomic mass is 32.2. The Labute approximate surface area is 177 Å². The molecule has 0 saturated carbocycles. The predicted octanol–water partition coefficient (Wildman–Crippen LogP) is 3.35. The number of carbonyl (C=O) groups excluding carboxylic acids is 2. The maximum atomic E-state index is 12.7. The number of aryl methyl sites for hydroxylation is 1. The molecule has 0 aromatic heterocycles. The molecule has 29 heavy (non-hydrogen) atoms. The zero-order chi connectivity index (χ0) is 20.4. The lowest BCUT2D eigenvalue weighted by atomic mass is 10.1. The molecule has 6 nitrogen and oxygen atoms in total. The van der Waals surface area contributed by atoms with Crippen LogP contribution < -0.4 is 14.8 Å². The van der Waals surface area contributed by atoms with Gasteiger partial charge in [-0.2, -0.15) is 0 Å². The highest BCUT2D eigenvalue weighted by Gasteiger charge is 2.31. The lowest BCUT2D eigenvalue weighted by molar-refractivity contribution is -0.122. The number of nitrogens with zero attached hydrogens (tertiary/aromatic N) is 1. The normalized spacial score (nSPS) is 16.6. The van der Waals surface area contributed by atoms with Crippen molar-refractivity contribution in [1.29, 1.82) is 0 Å². The molecule has 2 aliphatic heterocycles. The molecule has 4 rings (SSSR count). The van der Waals surface area contributed by atoms with Crippen LogP contribution in [-0.2, 0) is 4.79 Å². The molecule has 2 aromatic carbocycles.